The molecule has 0 amide bonds. The molecule has 4 nitrogen and oxygen atoms in total. The van der Waals surface area contributed by atoms with E-state index < -0.39 is 0 Å². The molecule has 0 spiro atoms. The molecule has 0 heterocycles. The van der Waals surface area contributed by atoms with Crippen LogP contribution >= 0.6 is 0 Å². The summed E-state index contributed by atoms with van der Waals surface area (Å²) in [6.07, 6.45) is 1.69. The number of ether oxygens (including phenoxy) is 1. The zero-order valence-corrected chi connectivity index (χ0v) is 9.40. The molecule has 2 N–H and O–H groups in total. The number of phenolic OH excluding ortho intramolecular Hbond substituents is 1. The van der Waals surface area contributed by atoms with E-state index in [0.29, 0.717) is 0 Å². The lowest BCUT2D eigenvalue weighted by atomic mass is 9.77. The monoisotopic (exact) mass is 221 g/mol. The van der Waals surface area contributed by atoms with Crippen LogP contribution in [0.4, 0.5) is 0 Å². The van der Waals surface area contributed by atoms with Gasteiger partial charge in [-0.05, 0) is 37.5 Å². The highest BCUT2D eigenvalue weighted by atomic mass is 16.5. The van der Waals surface area contributed by atoms with E-state index in [4.69, 9.17) is 9.94 Å². The summed E-state index contributed by atoms with van der Waals surface area (Å²) >= 11 is 0. The van der Waals surface area contributed by atoms with Gasteiger partial charge < -0.3 is 15.1 Å². The first kappa shape index (κ1) is 10.8. The van der Waals surface area contributed by atoms with Gasteiger partial charge in [-0.1, -0.05) is 5.16 Å². The van der Waals surface area contributed by atoms with Gasteiger partial charge in [-0.3, -0.25) is 0 Å². The fraction of sp³-hybridized carbons (Fsp3) is 0.417. The SMILES string of the molecule is COc1cc(C2CC/C2=N\O)c(O)cc1C. The molecule has 0 aromatic heterocycles. The summed E-state index contributed by atoms with van der Waals surface area (Å²) < 4.78 is 5.21. The van der Waals surface area contributed by atoms with E-state index in [-0.39, 0.29) is 11.7 Å². The highest BCUT2D eigenvalue weighted by molar-refractivity contribution is 5.96. The molecule has 1 aromatic rings. The Morgan fingerprint density at radius 3 is 2.69 bits per heavy atom. The number of benzene rings is 1. The Kier molecular flexibility index (Phi) is 2.73. The van der Waals surface area contributed by atoms with Gasteiger partial charge >= 0.3 is 0 Å². The molecule has 16 heavy (non-hydrogen) atoms. The molecular weight excluding hydrogens is 206 g/mol. The molecule has 1 fully saturated rings. The topological polar surface area (TPSA) is 62.0 Å². The minimum atomic E-state index is 0.0273. The number of aromatic hydroxyl groups is 1. The summed E-state index contributed by atoms with van der Waals surface area (Å²) in [5.74, 6) is 1.01. The smallest absolute Gasteiger partial charge is 0.122 e. The van der Waals surface area contributed by atoms with Crippen molar-refractivity contribution in [2.45, 2.75) is 25.7 Å². The maximum absolute atomic E-state index is 9.87. The van der Waals surface area contributed by atoms with Gasteiger partial charge in [-0.25, -0.2) is 0 Å². The van der Waals surface area contributed by atoms with Crippen LogP contribution in [0, 0.1) is 6.92 Å². The molecule has 0 saturated heterocycles. The number of phenols is 1. The summed E-state index contributed by atoms with van der Waals surface area (Å²) in [7, 11) is 1.60. The number of aryl methyl sites for hydroxylation is 1. The molecule has 86 valence electrons. The summed E-state index contributed by atoms with van der Waals surface area (Å²) in [4.78, 5) is 0. The first-order valence-corrected chi connectivity index (χ1v) is 5.25. The predicted molar refractivity (Wildman–Crippen MR) is 60.6 cm³/mol. The van der Waals surface area contributed by atoms with Gasteiger partial charge in [0.25, 0.3) is 0 Å². The molecule has 4 heteroatoms. The number of hydrogen-bond acceptors (Lipinski definition) is 4. The molecule has 0 aliphatic heterocycles. The van der Waals surface area contributed by atoms with E-state index in [0.717, 1.165) is 35.4 Å². The average molecular weight is 221 g/mol. The van der Waals surface area contributed by atoms with Crippen molar-refractivity contribution < 1.29 is 15.1 Å². The maximum Gasteiger partial charge on any atom is 0.122 e. The van der Waals surface area contributed by atoms with Crippen LogP contribution < -0.4 is 4.74 Å². The molecule has 2 rings (SSSR count). The Morgan fingerprint density at radius 1 is 1.44 bits per heavy atom. The lowest BCUT2D eigenvalue weighted by Crippen LogP contribution is -2.23. The summed E-state index contributed by atoms with van der Waals surface area (Å²) in [6.45, 7) is 1.88. The third-order valence-electron chi connectivity index (χ3n) is 3.14. The van der Waals surface area contributed by atoms with Gasteiger partial charge in [0, 0.05) is 11.5 Å². The second kappa shape index (κ2) is 4.04. The predicted octanol–water partition coefficient (Wildman–Crippen LogP) is 2.42. The summed E-state index contributed by atoms with van der Waals surface area (Å²) in [5.41, 5.74) is 2.40. The van der Waals surface area contributed by atoms with Gasteiger partial charge in [-0.2, -0.15) is 0 Å². The fourth-order valence-corrected chi connectivity index (χ4v) is 2.06. The Bertz CT molecular complexity index is 440. The van der Waals surface area contributed by atoms with E-state index in [1.165, 1.54) is 0 Å². The van der Waals surface area contributed by atoms with Crippen molar-refractivity contribution >= 4 is 5.71 Å². The van der Waals surface area contributed by atoms with Crippen LogP contribution in [0.3, 0.4) is 0 Å². The first-order valence-electron chi connectivity index (χ1n) is 5.25. The van der Waals surface area contributed by atoms with Crippen LogP contribution in [-0.2, 0) is 0 Å². The van der Waals surface area contributed by atoms with Crippen LogP contribution in [0.5, 0.6) is 11.5 Å². The number of rotatable bonds is 2. The van der Waals surface area contributed by atoms with Gasteiger partial charge in [0.05, 0.1) is 12.8 Å². The van der Waals surface area contributed by atoms with Crippen molar-refractivity contribution in [3.8, 4) is 11.5 Å². The average Bonchev–Trinajstić information content (AvgIpc) is 2.21. The molecule has 1 atom stereocenters. The van der Waals surface area contributed by atoms with Crippen LogP contribution in [0.1, 0.15) is 29.9 Å². The van der Waals surface area contributed by atoms with Crippen LogP contribution in [0.15, 0.2) is 17.3 Å². The zero-order chi connectivity index (χ0) is 11.7. The van der Waals surface area contributed by atoms with Crippen molar-refractivity contribution in [3.63, 3.8) is 0 Å². The summed E-state index contributed by atoms with van der Waals surface area (Å²) in [6, 6.07) is 3.50. The molecule has 1 aliphatic carbocycles. The largest absolute Gasteiger partial charge is 0.508 e. The van der Waals surface area contributed by atoms with Gasteiger partial charge in [0.2, 0.25) is 0 Å². The fourth-order valence-electron chi connectivity index (χ4n) is 2.06. The summed E-state index contributed by atoms with van der Waals surface area (Å²) in [5, 5.41) is 21.9. The van der Waals surface area contributed by atoms with Crippen LogP contribution in [-0.4, -0.2) is 23.1 Å². The normalized spacial score (nSPS) is 21.9. The Balaban J connectivity index is 2.41. The molecule has 1 aliphatic rings. The van der Waals surface area contributed by atoms with E-state index in [2.05, 4.69) is 5.16 Å². The van der Waals surface area contributed by atoms with Gasteiger partial charge in [0.1, 0.15) is 11.5 Å². The quantitative estimate of drug-likeness (QED) is 0.595. The van der Waals surface area contributed by atoms with E-state index in [1.807, 2.05) is 13.0 Å². The first-order chi connectivity index (χ1) is 7.67. The number of oxime groups is 1. The zero-order valence-electron chi connectivity index (χ0n) is 9.40. The van der Waals surface area contributed by atoms with Crippen LogP contribution in [0.25, 0.3) is 0 Å². The molecular formula is C12H15NO3. The van der Waals surface area contributed by atoms with Crippen molar-refractivity contribution in [1.29, 1.82) is 0 Å². The van der Waals surface area contributed by atoms with Crippen molar-refractivity contribution in [1.82, 2.24) is 0 Å². The third kappa shape index (κ3) is 1.60. The number of methoxy groups -OCH3 is 1. The number of hydrogen-bond donors (Lipinski definition) is 2. The van der Waals surface area contributed by atoms with Crippen LogP contribution in [0.2, 0.25) is 0 Å². The Hall–Kier alpha value is -1.71. The highest BCUT2D eigenvalue weighted by Crippen LogP contribution is 2.41. The standard InChI is InChI=1S/C12H15NO3/c1-7-5-11(14)9(6-12(7)16-2)8-3-4-10(8)13-15/h5-6,8,14-15H,3-4H2,1-2H3/b13-10+. The number of nitrogens with zero attached hydrogens (tertiary/aromatic N) is 1. The lowest BCUT2D eigenvalue weighted by Gasteiger charge is -2.28. The molecule has 1 unspecified atom stereocenters. The minimum absolute atomic E-state index is 0.0273. The molecule has 0 radical (unpaired) electrons. The highest BCUT2D eigenvalue weighted by Gasteiger charge is 2.30. The van der Waals surface area contributed by atoms with E-state index in [9.17, 15) is 5.11 Å². The second-order valence-corrected chi connectivity index (χ2v) is 4.06. The Morgan fingerprint density at radius 2 is 2.19 bits per heavy atom. The minimum Gasteiger partial charge on any atom is -0.508 e. The Labute approximate surface area is 94.2 Å². The van der Waals surface area contributed by atoms with Gasteiger partial charge in [-0.15, -0.1) is 0 Å². The molecule has 1 saturated carbocycles. The van der Waals surface area contributed by atoms with Crippen molar-refractivity contribution in [2.75, 3.05) is 7.11 Å². The second-order valence-electron chi connectivity index (χ2n) is 4.06. The maximum atomic E-state index is 9.87. The van der Waals surface area contributed by atoms with Crippen molar-refractivity contribution in [2.24, 2.45) is 5.16 Å². The third-order valence-corrected chi connectivity index (χ3v) is 3.14. The van der Waals surface area contributed by atoms with E-state index >= 15 is 0 Å². The molecule has 0 bridgehead atoms. The lowest BCUT2D eigenvalue weighted by molar-refractivity contribution is 0.310. The molecule has 1 aromatic carbocycles. The van der Waals surface area contributed by atoms with Crippen molar-refractivity contribution in [3.05, 3.63) is 23.3 Å². The van der Waals surface area contributed by atoms with E-state index in [1.54, 1.807) is 13.2 Å². The van der Waals surface area contributed by atoms with Gasteiger partial charge in [0.15, 0.2) is 0 Å².